The maximum absolute atomic E-state index is 12.4. The highest BCUT2D eigenvalue weighted by Crippen LogP contribution is 2.21. The summed E-state index contributed by atoms with van der Waals surface area (Å²) >= 11 is 0. The Morgan fingerprint density at radius 2 is 1.93 bits per heavy atom. The van der Waals surface area contributed by atoms with Crippen LogP contribution in [-0.2, 0) is 5.41 Å². The van der Waals surface area contributed by atoms with Crippen molar-refractivity contribution in [2.24, 2.45) is 0 Å². The van der Waals surface area contributed by atoms with Crippen LogP contribution in [0.2, 0.25) is 0 Å². The zero-order chi connectivity index (χ0) is 19.9. The molecule has 3 heterocycles. The normalized spacial score (nSPS) is 11.7. The molecule has 0 atom stereocenters. The van der Waals surface area contributed by atoms with Gasteiger partial charge in [-0.15, -0.1) is 0 Å². The van der Waals surface area contributed by atoms with Crippen molar-refractivity contribution >= 4 is 22.6 Å². The smallest absolute Gasteiger partial charge is 0.276 e. The molecule has 0 fully saturated rings. The van der Waals surface area contributed by atoms with E-state index in [1.807, 2.05) is 20.8 Å². The van der Waals surface area contributed by atoms with E-state index in [0.29, 0.717) is 22.4 Å². The summed E-state index contributed by atoms with van der Waals surface area (Å²) in [5, 5.41) is 14.4. The Labute approximate surface area is 159 Å². The molecule has 0 radical (unpaired) electrons. The molecule has 1 aromatic carbocycles. The molecule has 28 heavy (non-hydrogen) atoms. The van der Waals surface area contributed by atoms with E-state index in [9.17, 15) is 9.59 Å². The zero-order valence-corrected chi connectivity index (χ0v) is 15.6. The number of anilines is 1. The molecule has 142 valence electrons. The van der Waals surface area contributed by atoms with Crippen molar-refractivity contribution in [3.05, 3.63) is 64.6 Å². The quantitative estimate of drug-likeness (QED) is 0.506. The fourth-order valence-electron chi connectivity index (χ4n) is 2.75. The van der Waals surface area contributed by atoms with Gasteiger partial charge in [0.1, 0.15) is 5.39 Å². The number of nitrogens with zero attached hydrogens (tertiary/aromatic N) is 4. The molecule has 0 spiro atoms. The van der Waals surface area contributed by atoms with Crippen molar-refractivity contribution in [1.82, 2.24) is 29.9 Å². The fourth-order valence-corrected chi connectivity index (χ4v) is 2.75. The minimum absolute atomic E-state index is 0.116. The lowest BCUT2D eigenvalue weighted by Gasteiger charge is -2.14. The molecule has 3 N–H and O–H groups in total. The first-order chi connectivity index (χ1) is 13.3. The summed E-state index contributed by atoms with van der Waals surface area (Å²) < 4.78 is 1.57. The average Bonchev–Trinajstić information content (AvgIpc) is 3.30. The van der Waals surface area contributed by atoms with E-state index in [-0.39, 0.29) is 16.9 Å². The van der Waals surface area contributed by atoms with Crippen LogP contribution in [0.5, 0.6) is 0 Å². The lowest BCUT2D eigenvalue weighted by atomic mass is 9.92. The molecule has 4 aromatic rings. The zero-order valence-electron chi connectivity index (χ0n) is 15.6. The van der Waals surface area contributed by atoms with Gasteiger partial charge in [0.15, 0.2) is 11.3 Å². The van der Waals surface area contributed by atoms with Gasteiger partial charge in [0.2, 0.25) is 0 Å². The monoisotopic (exact) mass is 377 g/mol. The molecule has 0 aliphatic rings. The Morgan fingerprint density at radius 1 is 1.18 bits per heavy atom. The van der Waals surface area contributed by atoms with Gasteiger partial charge in [-0.25, -0.2) is 9.67 Å². The van der Waals surface area contributed by atoms with Gasteiger partial charge in [-0.1, -0.05) is 20.8 Å². The number of benzene rings is 1. The number of aromatic amines is 2. The maximum Gasteiger partial charge on any atom is 0.276 e. The van der Waals surface area contributed by atoms with E-state index < -0.39 is 0 Å². The van der Waals surface area contributed by atoms with Gasteiger partial charge in [0, 0.05) is 16.8 Å². The summed E-state index contributed by atoms with van der Waals surface area (Å²) in [6.45, 7) is 6.13. The molecule has 9 heteroatoms. The van der Waals surface area contributed by atoms with Crippen LogP contribution in [0.15, 0.2) is 47.7 Å². The number of H-pyrrole nitrogens is 2. The van der Waals surface area contributed by atoms with Crippen molar-refractivity contribution in [3.63, 3.8) is 0 Å². The van der Waals surface area contributed by atoms with Gasteiger partial charge in [0.25, 0.3) is 11.5 Å². The Balaban J connectivity index is 1.55. The Hall–Kier alpha value is -3.75. The third-order valence-corrected chi connectivity index (χ3v) is 4.36. The summed E-state index contributed by atoms with van der Waals surface area (Å²) in [5.74, 6) is -0.294. The molecule has 0 saturated heterocycles. The molecule has 3 aromatic heterocycles. The van der Waals surface area contributed by atoms with Crippen LogP contribution >= 0.6 is 0 Å². The fraction of sp³-hybridized carbons (Fsp3) is 0.211. The van der Waals surface area contributed by atoms with Crippen LogP contribution in [0.1, 0.15) is 37.0 Å². The van der Waals surface area contributed by atoms with E-state index in [1.165, 1.54) is 12.5 Å². The van der Waals surface area contributed by atoms with Gasteiger partial charge in [0.05, 0.1) is 18.2 Å². The standard InChI is InChI=1S/C19H19N7O2/c1-19(2,3)15-8-14(24-25-15)18(28)23-11-4-6-12(7-5-11)26-16-13(9-22-26)17(27)21-10-20-16/h4-10H,1-3H3,(H,23,28)(H,24,25)(H,20,21,27). The third-order valence-electron chi connectivity index (χ3n) is 4.36. The topological polar surface area (TPSA) is 121 Å². The Morgan fingerprint density at radius 3 is 2.61 bits per heavy atom. The molecule has 0 aliphatic carbocycles. The highest BCUT2D eigenvalue weighted by Gasteiger charge is 2.19. The highest BCUT2D eigenvalue weighted by atomic mass is 16.2. The Kier molecular flexibility index (Phi) is 4.07. The number of hydrogen-bond donors (Lipinski definition) is 3. The predicted octanol–water partition coefficient (Wildman–Crippen LogP) is 2.38. The first kappa shape index (κ1) is 17.7. The summed E-state index contributed by atoms with van der Waals surface area (Å²) in [7, 11) is 0. The summed E-state index contributed by atoms with van der Waals surface area (Å²) in [4.78, 5) is 30.9. The van der Waals surface area contributed by atoms with Crippen molar-refractivity contribution in [2.45, 2.75) is 26.2 Å². The molecule has 0 saturated carbocycles. The molecule has 0 unspecified atom stereocenters. The van der Waals surface area contributed by atoms with Crippen molar-refractivity contribution < 1.29 is 4.79 Å². The molecule has 1 amide bonds. The number of aromatic nitrogens is 6. The predicted molar refractivity (Wildman–Crippen MR) is 105 cm³/mol. The van der Waals surface area contributed by atoms with E-state index in [0.717, 1.165) is 11.4 Å². The summed E-state index contributed by atoms with van der Waals surface area (Å²) in [6.07, 6.45) is 2.81. The number of amides is 1. The minimum Gasteiger partial charge on any atom is -0.321 e. The van der Waals surface area contributed by atoms with Crippen LogP contribution in [0.25, 0.3) is 16.7 Å². The lowest BCUT2D eigenvalue weighted by molar-refractivity contribution is 0.102. The third kappa shape index (κ3) is 3.18. The van der Waals surface area contributed by atoms with Gasteiger partial charge < -0.3 is 10.3 Å². The molecular formula is C19H19N7O2. The number of hydrogen-bond acceptors (Lipinski definition) is 5. The first-order valence-electron chi connectivity index (χ1n) is 8.72. The summed E-state index contributed by atoms with van der Waals surface area (Å²) in [6, 6.07) is 8.84. The second-order valence-corrected chi connectivity index (χ2v) is 7.44. The van der Waals surface area contributed by atoms with E-state index >= 15 is 0 Å². The van der Waals surface area contributed by atoms with Crippen LogP contribution in [0, 0.1) is 0 Å². The second-order valence-electron chi connectivity index (χ2n) is 7.44. The number of carbonyl (C=O) groups is 1. The molecular weight excluding hydrogens is 358 g/mol. The van der Waals surface area contributed by atoms with Crippen LogP contribution in [0.4, 0.5) is 5.69 Å². The van der Waals surface area contributed by atoms with E-state index in [2.05, 4.69) is 30.6 Å². The highest BCUT2D eigenvalue weighted by molar-refractivity contribution is 6.03. The van der Waals surface area contributed by atoms with Crippen LogP contribution in [0.3, 0.4) is 0 Å². The molecule has 0 aliphatic heterocycles. The van der Waals surface area contributed by atoms with Crippen molar-refractivity contribution in [3.8, 4) is 5.69 Å². The van der Waals surface area contributed by atoms with E-state index in [1.54, 1.807) is 35.0 Å². The maximum atomic E-state index is 12.4. The van der Waals surface area contributed by atoms with Gasteiger partial charge in [-0.2, -0.15) is 10.2 Å². The van der Waals surface area contributed by atoms with Crippen LogP contribution < -0.4 is 10.9 Å². The first-order valence-corrected chi connectivity index (χ1v) is 8.72. The van der Waals surface area contributed by atoms with Crippen LogP contribution in [-0.4, -0.2) is 35.9 Å². The van der Waals surface area contributed by atoms with Gasteiger partial charge in [-0.3, -0.25) is 14.7 Å². The van der Waals surface area contributed by atoms with Crippen molar-refractivity contribution in [1.29, 1.82) is 0 Å². The number of carbonyl (C=O) groups excluding carboxylic acids is 1. The lowest BCUT2D eigenvalue weighted by Crippen LogP contribution is -2.13. The molecule has 9 nitrogen and oxygen atoms in total. The average molecular weight is 377 g/mol. The van der Waals surface area contributed by atoms with E-state index in [4.69, 9.17) is 0 Å². The van der Waals surface area contributed by atoms with Gasteiger partial charge in [-0.05, 0) is 30.3 Å². The SMILES string of the molecule is CC(C)(C)c1cc(C(=O)Nc2ccc(-n3ncc4c(=O)[nH]cnc43)cc2)n[nH]1. The largest absolute Gasteiger partial charge is 0.321 e. The number of rotatable bonds is 3. The number of nitrogens with one attached hydrogen (secondary N) is 3. The minimum atomic E-state index is -0.294. The summed E-state index contributed by atoms with van der Waals surface area (Å²) in [5.41, 5.74) is 2.67. The Bertz CT molecular complexity index is 1210. The molecule has 0 bridgehead atoms. The van der Waals surface area contributed by atoms with Crippen molar-refractivity contribution in [2.75, 3.05) is 5.32 Å². The second kappa shape index (κ2) is 6.45. The van der Waals surface area contributed by atoms with Gasteiger partial charge >= 0.3 is 0 Å². The molecule has 4 rings (SSSR count). The number of fused-ring (bicyclic) bond motifs is 1.